The molecule has 0 radical (unpaired) electrons. The number of carboxylic acid groups (broad SMARTS) is 1. The molecule has 34 heavy (non-hydrogen) atoms. The number of rotatable bonds is 9. The maximum Gasteiger partial charge on any atom is 0.342 e. The first kappa shape index (κ1) is 25.5. The van der Waals surface area contributed by atoms with Crippen LogP contribution in [-0.2, 0) is 39.1 Å². The van der Waals surface area contributed by atoms with Gasteiger partial charge in [0.25, 0.3) is 0 Å². The van der Waals surface area contributed by atoms with Gasteiger partial charge >= 0.3 is 22.1 Å². The first-order valence-electron chi connectivity index (χ1n) is 11.2. The second kappa shape index (κ2) is 10.0. The molecule has 0 saturated carbocycles. The fourth-order valence-electron chi connectivity index (χ4n) is 4.16. The summed E-state index contributed by atoms with van der Waals surface area (Å²) >= 11 is 0. The van der Waals surface area contributed by atoms with Crippen LogP contribution < -0.4 is 4.18 Å². The van der Waals surface area contributed by atoms with Gasteiger partial charge in [-0.05, 0) is 62.8 Å². The van der Waals surface area contributed by atoms with Crippen LogP contribution in [0.5, 0.6) is 5.75 Å². The van der Waals surface area contributed by atoms with Crippen molar-refractivity contribution >= 4 is 22.1 Å². The predicted molar refractivity (Wildman–Crippen MR) is 128 cm³/mol. The van der Waals surface area contributed by atoms with Gasteiger partial charge in [-0.2, -0.15) is 8.42 Å². The lowest BCUT2D eigenvalue weighted by molar-refractivity contribution is -0.137. The molecule has 0 fully saturated rings. The summed E-state index contributed by atoms with van der Waals surface area (Å²) in [7, 11) is -4.21. The molecule has 1 atom stereocenters. The quantitative estimate of drug-likeness (QED) is 0.305. The molecule has 182 valence electrons. The second-order valence-corrected chi connectivity index (χ2v) is 10.2. The number of hydrogen-bond acceptors (Lipinski definition) is 6. The number of ether oxygens (including phenoxy) is 1. The molecule has 8 heteroatoms. The van der Waals surface area contributed by atoms with Crippen LogP contribution in [0.15, 0.2) is 40.8 Å². The maximum absolute atomic E-state index is 13.2. The highest BCUT2D eigenvalue weighted by atomic mass is 32.2. The summed E-state index contributed by atoms with van der Waals surface area (Å²) in [5.41, 5.74) is 4.91. The molecule has 0 bridgehead atoms. The number of benzene rings is 2. The fraction of sp³-hybridized carbons (Fsp3) is 0.385. The van der Waals surface area contributed by atoms with Crippen molar-refractivity contribution in [1.82, 2.24) is 0 Å². The number of cyclic esters (lactones) is 1. The number of carboxylic acids is 1. The highest BCUT2D eigenvalue weighted by Gasteiger charge is 2.34. The standard InChI is InChI=1S/C26H30O7S/c1-6-20-18(5)22-14-32-26(29)24(22)25(21(20)12-9-16(3)17(4)13-23(27)28)33-34(30,31)19-10-7-15(2)8-11-19/h7-11,17H,6,12-14H2,1-5H3,(H,27,28)/b16-9+. The van der Waals surface area contributed by atoms with E-state index in [1.54, 1.807) is 12.1 Å². The van der Waals surface area contributed by atoms with Crippen molar-refractivity contribution in [3.8, 4) is 5.75 Å². The summed E-state index contributed by atoms with van der Waals surface area (Å²) in [6.45, 7) is 9.44. The number of allylic oxidation sites excluding steroid dienone is 2. The van der Waals surface area contributed by atoms with Crippen LogP contribution in [0.3, 0.4) is 0 Å². The average molecular weight is 487 g/mol. The molecular weight excluding hydrogens is 456 g/mol. The van der Waals surface area contributed by atoms with Crippen molar-refractivity contribution in [1.29, 1.82) is 0 Å². The van der Waals surface area contributed by atoms with E-state index >= 15 is 0 Å². The molecule has 7 nitrogen and oxygen atoms in total. The summed E-state index contributed by atoms with van der Waals surface area (Å²) in [6.07, 6.45) is 2.75. The molecule has 2 aromatic rings. The monoisotopic (exact) mass is 486 g/mol. The summed E-state index contributed by atoms with van der Waals surface area (Å²) in [5.74, 6) is -1.70. The van der Waals surface area contributed by atoms with E-state index in [1.165, 1.54) is 12.1 Å². The van der Waals surface area contributed by atoms with Crippen molar-refractivity contribution in [2.24, 2.45) is 5.92 Å². The van der Waals surface area contributed by atoms with Crippen LogP contribution in [0.4, 0.5) is 0 Å². The van der Waals surface area contributed by atoms with Gasteiger partial charge < -0.3 is 14.0 Å². The van der Waals surface area contributed by atoms with Gasteiger partial charge in [0.05, 0.1) is 6.42 Å². The third kappa shape index (κ3) is 5.17. The molecule has 1 N–H and O–H groups in total. The van der Waals surface area contributed by atoms with Crippen LogP contribution in [0.2, 0.25) is 0 Å². The van der Waals surface area contributed by atoms with Crippen molar-refractivity contribution in [3.05, 3.63) is 69.3 Å². The van der Waals surface area contributed by atoms with Gasteiger partial charge in [0.15, 0.2) is 5.75 Å². The first-order chi connectivity index (χ1) is 16.0. The van der Waals surface area contributed by atoms with Crippen LogP contribution >= 0.6 is 0 Å². The van der Waals surface area contributed by atoms with Gasteiger partial charge in [-0.3, -0.25) is 4.79 Å². The molecule has 1 unspecified atom stereocenters. The Bertz CT molecular complexity index is 1260. The van der Waals surface area contributed by atoms with E-state index in [2.05, 4.69) is 0 Å². The molecule has 2 aromatic carbocycles. The summed E-state index contributed by atoms with van der Waals surface area (Å²) in [4.78, 5) is 23.7. The Morgan fingerprint density at radius 2 is 1.85 bits per heavy atom. The molecule has 3 rings (SSSR count). The number of hydrogen-bond donors (Lipinski definition) is 1. The number of aryl methyl sites for hydroxylation is 1. The molecular formula is C26H30O7S. The van der Waals surface area contributed by atoms with Crippen LogP contribution in [0, 0.1) is 19.8 Å². The minimum Gasteiger partial charge on any atom is -0.481 e. The molecule has 1 aliphatic rings. The smallest absolute Gasteiger partial charge is 0.342 e. The van der Waals surface area contributed by atoms with E-state index < -0.39 is 22.1 Å². The zero-order valence-corrected chi connectivity index (χ0v) is 20.9. The highest BCUT2D eigenvalue weighted by molar-refractivity contribution is 7.87. The van der Waals surface area contributed by atoms with Crippen LogP contribution in [-0.4, -0.2) is 25.5 Å². The van der Waals surface area contributed by atoms with Gasteiger partial charge in [-0.1, -0.05) is 43.2 Å². The van der Waals surface area contributed by atoms with E-state index in [-0.39, 0.29) is 35.2 Å². The number of aliphatic carboxylic acids is 1. The summed E-state index contributed by atoms with van der Waals surface area (Å²) in [5, 5.41) is 9.10. The Labute approximate surface area is 200 Å². The average Bonchev–Trinajstić information content (AvgIpc) is 3.15. The Morgan fingerprint density at radius 1 is 1.21 bits per heavy atom. The van der Waals surface area contributed by atoms with Crippen molar-refractivity contribution in [2.75, 3.05) is 0 Å². The minimum atomic E-state index is -4.21. The molecule has 1 heterocycles. The molecule has 0 aromatic heterocycles. The summed E-state index contributed by atoms with van der Waals surface area (Å²) in [6, 6.07) is 6.29. The van der Waals surface area contributed by atoms with E-state index in [4.69, 9.17) is 14.0 Å². The SMILES string of the molecule is CCc1c(C)c2c(c(OS(=O)(=O)c3ccc(C)cc3)c1C/C=C(\C)C(C)CC(=O)O)C(=O)OC2. The normalized spacial score (nSPS) is 14.5. The van der Waals surface area contributed by atoms with Gasteiger partial charge in [0.2, 0.25) is 0 Å². The van der Waals surface area contributed by atoms with Gasteiger partial charge in [-0.15, -0.1) is 0 Å². The predicted octanol–water partition coefficient (Wildman–Crippen LogP) is 4.90. The Balaban J connectivity index is 2.15. The van der Waals surface area contributed by atoms with E-state index in [9.17, 15) is 18.0 Å². The molecule has 0 spiro atoms. The number of carbonyl (C=O) groups is 2. The topological polar surface area (TPSA) is 107 Å². The lowest BCUT2D eigenvalue weighted by atomic mass is 9.88. The third-order valence-corrected chi connectivity index (χ3v) is 7.60. The molecule has 0 saturated heterocycles. The van der Waals surface area contributed by atoms with Gasteiger partial charge in [0, 0.05) is 11.1 Å². The zero-order chi connectivity index (χ0) is 25.2. The Morgan fingerprint density at radius 3 is 2.44 bits per heavy atom. The Kier molecular flexibility index (Phi) is 7.51. The van der Waals surface area contributed by atoms with E-state index in [0.717, 1.165) is 22.3 Å². The Hall–Kier alpha value is -3.13. The maximum atomic E-state index is 13.2. The highest BCUT2D eigenvalue weighted by Crippen LogP contribution is 2.40. The van der Waals surface area contributed by atoms with E-state index in [0.29, 0.717) is 24.0 Å². The van der Waals surface area contributed by atoms with Crippen molar-refractivity contribution in [2.45, 2.75) is 65.4 Å². The summed E-state index contributed by atoms with van der Waals surface area (Å²) < 4.78 is 37.3. The van der Waals surface area contributed by atoms with Crippen LogP contribution in [0.1, 0.15) is 65.4 Å². The first-order valence-corrected chi connectivity index (χ1v) is 12.6. The third-order valence-electron chi connectivity index (χ3n) is 6.37. The number of carbonyl (C=O) groups excluding carboxylic acids is 1. The molecule has 0 aliphatic carbocycles. The molecule has 0 amide bonds. The van der Waals surface area contributed by atoms with Gasteiger partial charge in [0.1, 0.15) is 17.1 Å². The van der Waals surface area contributed by atoms with Crippen molar-refractivity contribution in [3.63, 3.8) is 0 Å². The second-order valence-electron chi connectivity index (χ2n) is 8.70. The molecule has 1 aliphatic heterocycles. The number of esters is 1. The van der Waals surface area contributed by atoms with Crippen LogP contribution in [0.25, 0.3) is 0 Å². The zero-order valence-electron chi connectivity index (χ0n) is 20.1. The lowest BCUT2D eigenvalue weighted by Gasteiger charge is -2.20. The minimum absolute atomic E-state index is 0.00420. The lowest BCUT2D eigenvalue weighted by Crippen LogP contribution is -2.16. The van der Waals surface area contributed by atoms with Gasteiger partial charge in [-0.25, -0.2) is 4.79 Å². The number of fused-ring (bicyclic) bond motifs is 1. The van der Waals surface area contributed by atoms with Crippen molar-refractivity contribution < 1.29 is 32.0 Å². The fourth-order valence-corrected chi connectivity index (χ4v) is 5.13. The largest absolute Gasteiger partial charge is 0.481 e. The van der Waals surface area contributed by atoms with E-state index in [1.807, 2.05) is 40.7 Å².